The van der Waals surface area contributed by atoms with Gasteiger partial charge in [-0.3, -0.25) is 4.79 Å². The third-order valence-corrected chi connectivity index (χ3v) is 3.13. The number of carbonyl (C=O) groups excluding carboxylic acids is 1. The number of β-amino-alcohol motifs (C(OH)–C–C–N with tert-alkyl or cyclic N) is 2. The van der Waals surface area contributed by atoms with Crippen LogP contribution in [-0.2, 0) is 11.3 Å². The second kappa shape index (κ2) is 6.01. The molecule has 2 rings (SSSR count). The van der Waals surface area contributed by atoms with Crippen molar-refractivity contribution in [2.45, 2.75) is 18.8 Å². The number of nitrogens with two attached hydrogens (primary N) is 1. The lowest BCUT2D eigenvalue weighted by Gasteiger charge is -2.15. The van der Waals surface area contributed by atoms with Gasteiger partial charge in [-0.25, -0.2) is 0 Å². The molecule has 2 unspecified atom stereocenters. The Morgan fingerprint density at radius 2 is 1.84 bits per heavy atom. The highest BCUT2D eigenvalue weighted by atomic mass is 16.5. The first-order valence-electron chi connectivity index (χ1n) is 6.16. The van der Waals surface area contributed by atoms with Crippen LogP contribution in [0, 0.1) is 0 Å². The van der Waals surface area contributed by atoms with Crippen molar-refractivity contribution in [2.75, 3.05) is 19.7 Å². The van der Waals surface area contributed by atoms with Crippen molar-refractivity contribution in [3.63, 3.8) is 0 Å². The summed E-state index contributed by atoms with van der Waals surface area (Å²) in [5, 5.41) is 18.7. The van der Waals surface area contributed by atoms with Crippen molar-refractivity contribution in [2.24, 2.45) is 5.73 Å². The Morgan fingerprint density at radius 3 is 2.37 bits per heavy atom. The van der Waals surface area contributed by atoms with Gasteiger partial charge < -0.3 is 25.6 Å². The quantitative estimate of drug-likeness (QED) is 0.655. The van der Waals surface area contributed by atoms with Gasteiger partial charge >= 0.3 is 0 Å². The summed E-state index contributed by atoms with van der Waals surface area (Å²) in [6.45, 7) is 0.648. The van der Waals surface area contributed by atoms with Gasteiger partial charge in [-0.2, -0.15) is 0 Å². The number of nitrogens with zero attached hydrogens (tertiary/aromatic N) is 1. The van der Waals surface area contributed by atoms with Crippen LogP contribution in [0.4, 0.5) is 0 Å². The molecule has 1 aromatic carbocycles. The fraction of sp³-hybridized carbons (Fsp3) is 0.462. The molecule has 0 spiro atoms. The minimum Gasteiger partial charge on any atom is -0.484 e. The number of amides is 1. The summed E-state index contributed by atoms with van der Waals surface area (Å²) < 4.78 is 5.35. The lowest BCUT2D eigenvalue weighted by atomic mass is 10.2. The van der Waals surface area contributed by atoms with Crippen molar-refractivity contribution >= 4 is 5.91 Å². The highest BCUT2D eigenvalue weighted by Gasteiger charge is 2.32. The Hall–Kier alpha value is -1.63. The Bertz CT molecular complexity index is 425. The van der Waals surface area contributed by atoms with Crippen molar-refractivity contribution in [3.05, 3.63) is 29.8 Å². The molecule has 6 nitrogen and oxygen atoms in total. The lowest BCUT2D eigenvalue weighted by molar-refractivity contribution is -0.132. The number of carbonyl (C=O) groups is 1. The molecule has 0 saturated carbocycles. The summed E-state index contributed by atoms with van der Waals surface area (Å²) in [7, 11) is 0. The maximum absolute atomic E-state index is 11.8. The van der Waals surface area contributed by atoms with Gasteiger partial charge in [0.2, 0.25) is 0 Å². The van der Waals surface area contributed by atoms with Gasteiger partial charge in [-0.15, -0.1) is 0 Å². The SMILES string of the molecule is NCc1ccc(OCC(=O)N2CC(O)C(O)C2)cc1. The van der Waals surface area contributed by atoms with Crippen LogP contribution in [0.1, 0.15) is 5.56 Å². The van der Waals surface area contributed by atoms with Gasteiger partial charge in [0.05, 0.1) is 12.2 Å². The summed E-state index contributed by atoms with van der Waals surface area (Å²) in [5.41, 5.74) is 6.47. The van der Waals surface area contributed by atoms with Crippen molar-refractivity contribution in [1.82, 2.24) is 4.90 Å². The maximum Gasteiger partial charge on any atom is 0.260 e. The summed E-state index contributed by atoms with van der Waals surface area (Å²) in [5.74, 6) is 0.337. The summed E-state index contributed by atoms with van der Waals surface area (Å²) in [4.78, 5) is 13.2. The van der Waals surface area contributed by atoms with Crippen LogP contribution in [-0.4, -0.2) is 52.9 Å². The monoisotopic (exact) mass is 266 g/mol. The number of hydrogen-bond donors (Lipinski definition) is 3. The molecule has 0 radical (unpaired) electrons. The molecule has 104 valence electrons. The minimum atomic E-state index is -0.868. The molecule has 0 bridgehead atoms. The van der Waals surface area contributed by atoms with Crippen molar-refractivity contribution in [1.29, 1.82) is 0 Å². The zero-order chi connectivity index (χ0) is 13.8. The minimum absolute atomic E-state index is 0.110. The van der Waals surface area contributed by atoms with E-state index in [9.17, 15) is 15.0 Å². The second-order valence-corrected chi connectivity index (χ2v) is 4.57. The van der Waals surface area contributed by atoms with Crippen LogP contribution in [0.3, 0.4) is 0 Å². The number of aliphatic hydroxyl groups is 2. The molecule has 1 aliphatic rings. The Morgan fingerprint density at radius 1 is 1.26 bits per heavy atom. The van der Waals surface area contributed by atoms with Crippen LogP contribution in [0.15, 0.2) is 24.3 Å². The van der Waals surface area contributed by atoms with Gasteiger partial charge in [0.1, 0.15) is 5.75 Å². The predicted molar refractivity (Wildman–Crippen MR) is 68.4 cm³/mol. The van der Waals surface area contributed by atoms with E-state index in [-0.39, 0.29) is 25.6 Å². The summed E-state index contributed by atoms with van der Waals surface area (Å²) in [6, 6.07) is 7.18. The van der Waals surface area contributed by atoms with Crippen LogP contribution < -0.4 is 10.5 Å². The number of rotatable bonds is 4. The van der Waals surface area contributed by atoms with Crippen LogP contribution in [0.25, 0.3) is 0 Å². The molecule has 2 atom stereocenters. The fourth-order valence-corrected chi connectivity index (χ4v) is 1.93. The predicted octanol–water partition coefficient (Wildman–Crippen LogP) is -0.912. The smallest absolute Gasteiger partial charge is 0.260 e. The van der Waals surface area contributed by atoms with Gasteiger partial charge in [-0.05, 0) is 17.7 Å². The molecule has 19 heavy (non-hydrogen) atoms. The average Bonchev–Trinajstić information content (AvgIpc) is 2.77. The fourth-order valence-electron chi connectivity index (χ4n) is 1.93. The van der Waals surface area contributed by atoms with E-state index in [1.807, 2.05) is 12.1 Å². The first kappa shape index (κ1) is 13.8. The highest BCUT2D eigenvalue weighted by molar-refractivity contribution is 5.78. The third-order valence-electron chi connectivity index (χ3n) is 3.13. The van der Waals surface area contributed by atoms with E-state index in [1.165, 1.54) is 4.90 Å². The number of hydrogen-bond acceptors (Lipinski definition) is 5. The van der Waals surface area contributed by atoms with E-state index in [2.05, 4.69) is 0 Å². The van der Waals surface area contributed by atoms with Crippen molar-refractivity contribution in [3.8, 4) is 5.75 Å². The average molecular weight is 266 g/mol. The second-order valence-electron chi connectivity index (χ2n) is 4.57. The molecule has 4 N–H and O–H groups in total. The third kappa shape index (κ3) is 3.44. The molecule has 1 saturated heterocycles. The topological polar surface area (TPSA) is 96.0 Å². The zero-order valence-electron chi connectivity index (χ0n) is 10.5. The largest absolute Gasteiger partial charge is 0.484 e. The molecular formula is C13H18N2O4. The molecule has 1 aliphatic heterocycles. The van der Waals surface area contributed by atoms with E-state index < -0.39 is 12.2 Å². The molecular weight excluding hydrogens is 248 g/mol. The number of likely N-dealkylation sites (tertiary alicyclic amines) is 1. The van der Waals surface area contributed by atoms with Gasteiger partial charge in [0.25, 0.3) is 5.91 Å². The summed E-state index contributed by atoms with van der Waals surface area (Å²) in [6.07, 6.45) is -1.74. The van der Waals surface area contributed by atoms with Crippen LogP contribution >= 0.6 is 0 Å². The van der Waals surface area contributed by atoms with Gasteiger partial charge in [0, 0.05) is 19.6 Å². The molecule has 1 aromatic rings. The molecule has 0 aromatic heterocycles. The van der Waals surface area contributed by atoms with E-state index in [1.54, 1.807) is 12.1 Å². The van der Waals surface area contributed by atoms with Crippen LogP contribution in [0.5, 0.6) is 5.75 Å². The summed E-state index contributed by atoms with van der Waals surface area (Å²) >= 11 is 0. The van der Waals surface area contributed by atoms with E-state index in [0.29, 0.717) is 12.3 Å². The Kier molecular flexibility index (Phi) is 4.36. The molecule has 1 fully saturated rings. The highest BCUT2D eigenvalue weighted by Crippen LogP contribution is 2.13. The molecule has 6 heteroatoms. The number of benzene rings is 1. The lowest BCUT2D eigenvalue weighted by Crippen LogP contribution is -2.33. The van der Waals surface area contributed by atoms with Gasteiger partial charge in [-0.1, -0.05) is 12.1 Å². The van der Waals surface area contributed by atoms with Crippen LogP contribution in [0.2, 0.25) is 0 Å². The number of aliphatic hydroxyl groups excluding tert-OH is 2. The first-order valence-corrected chi connectivity index (χ1v) is 6.16. The number of ether oxygens (including phenoxy) is 1. The van der Waals surface area contributed by atoms with E-state index in [4.69, 9.17) is 10.5 Å². The van der Waals surface area contributed by atoms with E-state index in [0.717, 1.165) is 5.56 Å². The molecule has 1 heterocycles. The zero-order valence-corrected chi connectivity index (χ0v) is 10.5. The van der Waals surface area contributed by atoms with Gasteiger partial charge in [0.15, 0.2) is 6.61 Å². The van der Waals surface area contributed by atoms with Crippen molar-refractivity contribution < 1.29 is 19.7 Å². The Labute approximate surface area is 111 Å². The molecule has 1 amide bonds. The Balaban J connectivity index is 1.83. The maximum atomic E-state index is 11.8. The normalized spacial score (nSPS) is 22.6. The first-order chi connectivity index (χ1) is 9.10. The molecule has 0 aliphatic carbocycles. The standard InChI is InChI=1S/C13H18N2O4/c14-5-9-1-3-10(4-2-9)19-8-13(18)15-6-11(16)12(17)7-15/h1-4,11-12,16-17H,5-8,14H2. The van der Waals surface area contributed by atoms with E-state index >= 15 is 0 Å².